The van der Waals surface area contributed by atoms with Crippen molar-refractivity contribution in [1.29, 1.82) is 0 Å². The van der Waals surface area contributed by atoms with Crippen molar-refractivity contribution in [1.82, 2.24) is 9.97 Å². The summed E-state index contributed by atoms with van der Waals surface area (Å²) in [6, 6.07) is 14.0. The molecule has 0 amide bonds. The number of hydrogen-bond acceptors (Lipinski definition) is 3. The molecular formula is C27H30FN3O. The normalized spacial score (nSPS) is 12.8. The van der Waals surface area contributed by atoms with Gasteiger partial charge in [-0.1, -0.05) is 58.0 Å². The summed E-state index contributed by atoms with van der Waals surface area (Å²) in [4.78, 5) is 8.35. The van der Waals surface area contributed by atoms with Crippen molar-refractivity contribution in [3.63, 3.8) is 0 Å². The number of fused-ring (bicyclic) bond motifs is 1. The first-order valence-corrected chi connectivity index (χ1v) is 11.1. The second-order valence-electron chi connectivity index (χ2n) is 8.89. The molecule has 0 aliphatic rings. The Kier molecular flexibility index (Phi) is 6.13. The Morgan fingerprint density at radius 3 is 2.25 bits per heavy atom. The predicted molar refractivity (Wildman–Crippen MR) is 128 cm³/mol. The van der Waals surface area contributed by atoms with Gasteiger partial charge >= 0.3 is 0 Å². The van der Waals surface area contributed by atoms with Crippen molar-refractivity contribution in [2.75, 3.05) is 0 Å². The summed E-state index contributed by atoms with van der Waals surface area (Å²) >= 11 is 0. The fourth-order valence-electron chi connectivity index (χ4n) is 4.52. The van der Waals surface area contributed by atoms with E-state index < -0.39 is 6.04 Å². The van der Waals surface area contributed by atoms with Crippen LogP contribution >= 0.6 is 0 Å². The lowest BCUT2D eigenvalue weighted by atomic mass is 9.83. The van der Waals surface area contributed by atoms with Crippen LogP contribution < -0.4 is 5.73 Å². The lowest BCUT2D eigenvalue weighted by Gasteiger charge is -2.27. The Labute approximate surface area is 188 Å². The Morgan fingerprint density at radius 2 is 1.62 bits per heavy atom. The minimum absolute atomic E-state index is 0.116. The first-order chi connectivity index (χ1) is 15.3. The highest BCUT2D eigenvalue weighted by atomic mass is 19.1. The molecule has 0 radical (unpaired) electrons. The van der Waals surface area contributed by atoms with E-state index in [1.165, 1.54) is 12.1 Å². The van der Waals surface area contributed by atoms with Crippen LogP contribution in [0.4, 0.5) is 4.39 Å². The smallest absolute Gasteiger partial charge is 0.123 e. The number of aromatic amines is 1. The zero-order chi connectivity index (χ0) is 23.0. The van der Waals surface area contributed by atoms with E-state index in [4.69, 9.17) is 10.7 Å². The summed E-state index contributed by atoms with van der Waals surface area (Å²) in [5.74, 6) is -0.0677. The van der Waals surface area contributed by atoms with Crippen molar-refractivity contribution in [2.45, 2.75) is 52.2 Å². The van der Waals surface area contributed by atoms with Crippen LogP contribution in [0.25, 0.3) is 22.0 Å². The van der Waals surface area contributed by atoms with Gasteiger partial charge in [0.2, 0.25) is 0 Å². The molecular weight excluding hydrogens is 401 g/mol. The standard InChI is InChI=1S/C27H30FN3O/c1-15(2)26-21(14-32)23(17-9-11-18(28)12-10-17)24(27(31-26)16(3)4)25(29)20-13-30-22-8-6-5-7-19(20)22/h5-13,15-16,25,30,32H,14,29H2,1-4H3. The molecule has 0 aliphatic heterocycles. The van der Waals surface area contributed by atoms with E-state index in [0.29, 0.717) is 0 Å². The zero-order valence-corrected chi connectivity index (χ0v) is 19.0. The van der Waals surface area contributed by atoms with Gasteiger partial charge < -0.3 is 15.8 Å². The van der Waals surface area contributed by atoms with Gasteiger partial charge in [0.15, 0.2) is 0 Å². The topological polar surface area (TPSA) is 74.9 Å². The summed E-state index contributed by atoms with van der Waals surface area (Å²) in [5.41, 5.74) is 14.0. The molecule has 32 heavy (non-hydrogen) atoms. The monoisotopic (exact) mass is 431 g/mol. The zero-order valence-electron chi connectivity index (χ0n) is 19.0. The molecule has 4 aromatic rings. The molecule has 2 aromatic carbocycles. The SMILES string of the molecule is CC(C)c1nc(C(C)C)c(C(N)c2c[nH]c3ccccc23)c(-c2ccc(F)cc2)c1CO. The van der Waals surface area contributed by atoms with Crippen molar-refractivity contribution in [3.05, 3.63) is 88.6 Å². The van der Waals surface area contributed by atoms with Gasteiger partial charge in [-0.3, -0.25) is 4.98 Å². The molecule has 166 valence electrons. The first kappa shape index (κ1) is 22.2. The van der Waals surface area contributed by atoms with Crippen molar-refractivity contribution < 1.29 is 9.50 Å². The number of aliphatic hydroxyl groups excluding tert-OH is 1. The quantitative estimate of drug-likeness (QED) is 0.342. The number of rotatable bonds is 6. The van der Waals surface area contributed by atoms with Gasteiger partial charge in [0.05, 0.1) is 12.6 Å². The highest BCUT2D eigenvalue weighted by molar-refractivity contribution is 5.85. The average molecular weight is 432 g/mol. The maximum Gasteiger partial charge on any atom is 0.123 e. The van der Waals surface area contributed by atoms with Crippen LogP contribution in [-0.2, 0) is 6.61 Å². The average Bonchev–Trinajstić information content (AvgIpc) is 3.21. The summed E-state index contributed by atoms with van der Waals surface area (Å²) < 4.78 is 13.8. The molecule has 1 atom stereocenters. The summed E-state index contributed by atoms with van der Waals surface area (Å²) in [5, 5.41) is 11.5. The number of pyridine rings is 1. The Balaban J connectivity index is 2.08. The molecule has 0 saturated heterocycles. The van der Waals surface area contributed by atoms with Crippen LogP contribution in [0, 0.1) is 5.82 Å². The molecule has 0 fully saturated rings. The predicted octanol–water partition coefficient (Wildman–Crippen LogP) is 6.16. The molecule has 2 aromatic heterocycles. The molecule has 4 rings (SSSR count). The molecule has 0 spiro atoms. The van der Waals surface area contributed by atoms with Crippen molar-refractivity contribution >= 4 is 10.9 Å². The van der Waals surface area contributed by atoms with E-state index in [0.717, 1.165) is 50.1 Å². The maximum absolute atomic E-state index is 13.8. The minimum Gasteiger partial charge on any atom is -0.392 e. The summed E-state index contributed by atoms with van der Waals surface area (Å²) in [6.45, 7) is 8.17. The first-order valence-electron chi connectivity index (χ1n) is 11.1. The van der Waals surface area contributed by atoms with Crippen LogP contribution in [0.5, 0.6) is 0 Å². The third-order valence-electron chi connectivity index (χ3n) is 6.05. The molecule has 5 heteroatoms. The van der Waals surface area contributed by atoms with Gasteiger partial charge in [0.1, 0.15) is 5.82 Å². The molecule has 0 saturated carbocycles. The number of hydrogen-bond donors (Lipinski definition) is 3. The Morgan fingerprint density at radius 1 is 0.969 bits per heavy atom. The highest BCUT2D eigenvalue weighted by Gasteiger charge is 2.28. The number of aliphatic hydroxyl groups is 1. The van der Waals surface area contributed by atoms with E-state index in [-0.39, 0.29) is 24.3 Å². The van der Waals surface area contributed by atoms with E-state index in [1.807, 2.05) is 24.4 Å². The van der Waals surface area contributed by atoms with Crippen LogP contribution in [-0.4, -0.2) is 15.1 Å². The van der Waals surface area contributed by atoms with Gasteiger partial charge in [0.25, 0.3) is 0 Å². The fraction of sp³-hybridized carbons (Fsp3) is 0.296. The van der Waals surface area contributed by atoms with E-state index in [9.17, 15) is 9.50 Å². The number of nitrogens with two attached hydrogens (primary N) is 1. The van der Waals surface area contributed by atoms with Gasteiger partial charge in [-0.15, -0.1) is 0 Å². The third-order valence-corrected chi connectivity index (χ3v) is 6.05. The number of halogens is 1. The molecule has 1 unspecified atom stereocenters. The Bertz CT molecular complexity index is 1240. The van der Waals surface area contributed by atoms with E-state index >= 15 is 0 Å². The summed E-state index contributed by atoms with van der Waals surface area (Å²) in [7, 11) is 0. The largest absolute Gasteiger partial charge is 0.392 e. The number of H-pyrrole nitrogens is 1. The molecule has 2 heterocycles. The van der Waals surface area contributed by atoms with Crippen LogP contribution in [0.2, 0.25) is 0 Å². The molecule has 0 aliphatic carbocycles. The number of para-hydroxylation sites is 1. The Hall–Kier alpha value is -3.02. The second-order valence-corrected chi connectivity index (χ2v) is 8.89. The van der Waals surface area contributed by atoms with Gasteiger partial charge in [-0.05, 0) is 46.7 Å². The number of benzene rings is 2. The van der Waals surface area contributed by atoms with Crippen LogP contribution in [0.3, 0.4) is 0 Å². The summed E-state index contributed by atoms with van der Waals surface area (Å²) in [6.07, 6.45) is 1.95. The van der Waals surface area contributed by atoms with E-state index in [2.05, 4.69) is 38.7 Å². The third kappa shape index (κ3) is 3.83. The lowest BCUT2D eigenvalue weighted by molar-refractivity contribution is 0.279. The van der Waals surface area contributed by atoms with Gasteiger partial charge in [-0.2, -0.15) is 0 Å². The number of nitrogens with zero attached hydrogens (tertiary/aromatic N) is 1. The van der Waals surface area contributed by atoms with E-state index in [1.54, 1.807) is 12.1 Å². The molecule has 4 N–H and O–H groups in total. The van der Waals surface area contributed by atoms with Gasteiger partial charge in [0, 0.05) is 39.6 Å². The van der Waals surface area contributed by atoms with Crippen molar-refractivity contribution in [2.24, 2.45) is 5.73 Å². The van der Waals surface area contributed by atoms with Crippen molar-refractivity contribution in [3.8, 4) is 11.1 Å². The maximum atomic E-state index is 13.8. The minimum atomic E-state index is -0.470. The van der Waals surface area contributed by atoms with Gasteiger partial charge in [-0.25, -0.2) is 4.39 Å². The van der Waals surface area contributed by atoms with Crippen LogP contribution in [0.1, 0.15) is 73.7 Å². The van der Waals surface area contributed by atoms with Crippen LogP contribution in [0.15, 0.2) is 54.7 Å². The lowest BCUT2D eigenvalue weighted by Crippen LogP contribution is -2.20. The fourth-order valence-corrected chi connectivity index (χ4v) is 4.52. The molecule has 4 nitrogen and oxygen atoms in total. The highest BCUT2D eigenvalue weighted by Crippen LogP contribution is 2.41. The molecule has 0 bridgehead atoms. The number of nitrogens with one attached hydrogen (secondary N) is 1. The number of aromatic nitrogens is 2. The second kappa shape index (κ2) is 8.85.